The van der Waals surface area contributed by atoms with Crippen LogP contribution in [0.4, 0.5) is 0 Å². The number of carboxylic acid groups (broad SMARTS) is 1. The fraction of sp³-hybridized carbons (Fsp3) is 0.667. The number of aliphatic carboxylic acids is 1. The first-order chi connectivity index (χ1) is 6.21. The van der Waals surface area contributed by atoms with Crippen LogP contribution in [0.2, 0.25) is 0 Å². The van der Waals surface area contributed by atoms with Crippen LogP contribution in [-0.4, -0.2) is 42.5 Å². The Hall–Kier alpha value is -1.17. The lowest BCUT2D eigenvalue weighted by molar-refractivity contribution is -0.155. The van der Waals surface area contributed by atoms with Crippen molar-refractivity contribution in [2.75, 3.05) is 12.3 Å². The van der Waals surface area contributed by atoms with Crippen molar-refractivity contribution in [2.45, 2.75) is 12.5 Å². The summed E-state index contributed by atoms with van der Waals surface area (Å²) >= 11 is 0. The average molecular weight is 222 g/mol. The molecule has 0 bridgehead atoms. The second-order valence-corrected chi connectivity index (χ2v) is 4.62. The van der Waals surface area contributed by atoms with Crippen molar-refractivity contribution in [3.8, 4) is 6.07 Å². The van der Waals surface area contributed by atoms with E-state index in [0.717, 1.165) is 6.92 Å². The molecule has 14 heavy (non-hydrogen) atoms. The third-order valence-corrected chi connectivity index (χ3v) is 2.44. The van der Waals surface area contributed by atoms with E-state index in [1.807, 2.05) is 0 Å². The van der Waals surface area contributed by atoms with Gasteiger partial charge in [-0.1, -0.05) is 0 Å². The summed E-state index contributed by atoms with van der Waals surface area (Å²) in [6.45, 7) is 0.274. The Morgan fingerprint density at radius 2 is 2.14 bits per heavy atom. The maximum Gasteiger partial charge on any atom is 0.336 e. The van der Waals surface area contributed by atoms with Gasteiger partial charge in [0.05, 0.1) is 6.07 Å². The van der Waals surface area contributed by atoms with Gasteiger partial charge in [-0.3, -0.25) is 0 Å². The zero-order valence-electron chi connectivity index (χ0n) is 7.39. The summed E-state index contributed by atoms with van der Waals surface area (Å²) in [5.74, 6) is -2.32. The van der Waals surface area contributed by atoms with E-state index < -0.39 is 33.9 Å². The monoisotopic (exact) mass is 222 g/mol. The fourth-order valence-corrected chi connectivity index (χ4v) is 1.24. The van der Waals surface area contributed by atoms with Crippen LogP contribution < -0.4 is 4.72 Å². The number of carboxylic acids is 1. The summed E-state index contributed by atoms with van der Waals surface area (Å²) in [7, 11) is -3.83. The molecular formula is C6H10N2O5S. The zero-order valence-corrected chi connectivity index (χ0v) is 8.21. The molecule has 0 spiro atoms. The van der Waals surface area contributed by atoms with E-state index in [-0.39, 0.29) is 0 Å². The fourth-order valence-electron chi connectivity index (χ4n) is 0.462. The largest absolute Gasteiger partial charge is 0.479 e. The Balaban J connectivity index is 4.35. The molecule has 0 rings (SSSR count). The molecule has 0 radical (unpaired) electrons. The lowest BCUT2D eigenvalue weighted by Gasteiger charge is -2.17. The maximum absolute atomic E-state index is 10.9. The van der Waals surface area contributed by atoms with E-state index in [4.69, 9.17) is 15.5 Å². The van der Waals surface area contributed by atoms with Crippen molar-refractivity contribution in [3.05, 3.63) is 0 Å². The van der Waals surface area contributed by atoms with Crippen LogP contribution in [0.5, 0.6) is 0 Å². The van der Waals surface area contributed by atoms with Crippen molar-refractivity contribution in [2.24, 2.45) is 0 Å². The van der Waals surface area contributed by atoms with E-state index in [2.05, 4.69) is 0 Å². The second kappa shape index (κ2) is 4.36. The number of rotatable bonds is 5. The van der Waals surface area contributed by atoms with E-state index >= 15 is 0 Å². The summed E-state index contributed by atoms with van der Waals surface area (Å²) in [5.41, 5.74) is -2.18. The lowest BCUT2D eigenvalue weighted by atomic mass is 10.1. The highest BCUT2D eigenvalue weighted by atomic mass is 32.2. The number of hydrogen-bond acceptors (Lipinski definition) is 5. The SMILES string of the molecule is CC(O)(CNS(=O)(=O)CC#N)C(=O)O. The van der Waals surface area contributed by atoms with Gasteiger partial charge in [-0.2, -0.15) is 5.26 Å². The third kappa shape index (κ3) is 4.18. The van der Waals surface area contributed by atoms with Gasteiger partial charge in [0.2, 0.25) is 10.0 Å². The Morgan fingerprint density at radius 1 is 1.64 bits per heavy atom. The lowest BCUT2D eigenvalue weighted by Crippen LogP contribution is -2.46. The quantitative estimate of drug-likeness (QED) is 0.507. The highest BCUT2D eigenvalue weighted by Crippen LogP contribution is 2.01. The summed E-state index contributed by atoms with van der Waals surface area (Å²) < 4.78 is 23.5. The molecule has 0 aliphatic rings. The Bertz CT molecular complexity index is 353. The number of carbonyl (C=O) groups is 1. The first kappa shape index (κ1) is 12.8. The summed E-state index contributed by atoms with van der Waals surface area (Å²) in [4.78, 5) is 10.3. The molecule has 1 atom stereocenters. The molecule has 1 unspecified atom stereocenters. The number of nitrogens with zero attached hydrogens (tertiary/aromatic N) is 1. The molecule has 80 valence electrons. The topological polar surface area (TPSA) is 127 Å². The summed E-state index contributed by atoms with van der Waals surface area (Å²) in [6.07, 6.45) is 0. The predicted octanol–water partition coefficient (Wildman–Crippen LogP) is -1.74. The molecule has 0 heterocycles. The smallest absolute Gasteiger partial charge is 0.336 e. The van der Waals surface area contributed by atoms with Crippen LogP contribution in [0.25, 0.3) is 0 Å². The normalized spacial score (nSPS) is 15.5. The number of sulfonamides is 1. The molecule has 7 nitrogen and oxygen atoms in total. The first-order valence-electron chi connectivity index (χ1n) is 3.51. The van der Waals surface area contributed by atoms with Crippen molar-refractivity contribution >= 4 is 16.0 Å². The van der Waals surface area contributed by atoms with E-state index in [0.29, 0.717) is 0 Å². The van der Waals surface area contributed by atoms with Crippen molar-refractivity contribution < 1.29 is 23.4 Å². The molecule has 0 aromatic carbocycles. The van der Waals surface area contributed by atoms with Gasteiger partial charge < -0.3 is 10.2 Å². The van der Waals surface area contributed by atoms with Gasteiger partial charge in [-0.25, -0.2) is 17.9 Å². The number of nitriles is 1. The highest BCUT2D eigenvalue weighted by molar-refractivity contribution is 7.89. The highest BCUT2D eigenvalue weighted by Gasteiger charge is 2.31. The molecule has 0 aliphatic carbocycles. The van der Waals surface area contributed by atoms with Crippen LogP contribution in [0, 0.1) is 11.3 Å². The molecule has 3 N–H and O–H groups in total. The van der Waals surface area contributed by atoms with Crippen molar-refractivity contribution in [1.29, 1.82) is 5.26 Å². The third-order valence-electron chi connectivity index (χ3n) is 1.35. The van der Waals surface area contributed by atoms with Crippen LogP contribution in [0.3, 0.4) is 0 Å². The zero-order chi connectivity index (χ0) is 11.4. The minimum absolute atomic E-state index is 0.674. The van der Waals surface area contributed by atoms with E-state index in [9.17, 15) is 13.2 Å². The van der Waals surface area contributed by atoms with E-state index in [1.165, 1.54) is 6.07 Å². The molecule has 0 fully saturated rings. The maximum atomic E-state index is 10.9. The van der Waals surface area contributed by atoms with Gasteiger partial charge in [-0.15, -0.1) is 0 Å². The standard InChI is InChI=1S/C6H10N2O5S/c1-6(11,5(9)10)4-8-14(12,13)3-2-7/h8,11H,3-4H2,1H3,(H,9,10). The minimum Gasteiger partial charge on any atom is -0.479 e. The number of aliphatic hydroxyl groups is 1. The van der Waals surface area contributed by atoms with Gasteiger partial charge >= 0.3 is 5.97 Å². The average Bonchev–Trinajstić information content (AvgIpc) is 2.01. The molecule has 0 amide bonds. The van der Waals surface area contributed by atoms with Gasteiger partial charge in [-0.05, 0) is 6.92 Å². The number of hydrogen-bond donors (Lipinski definition) is 3. The molecule has 0 aromatic rings. The second-order valence-electron chi connectivity index (χ2n) is 2.82. The molecule has 0 saturated carbocycles. The molecule has 8 heteroatoms. The van der Waals surface area contributed by atoms with Crippen LogP contribution in [-0.2, 0) is 14.8 Å². The van der Waals surface area contributed by atoms with Gasteiger partial charge in [0.25, 0.3) is 0 Å². The number of nitrogens with one attached hydrogen (secondary N) is 1. The Morgan fingerprint density at radius 3 is 2.50 bits per heavy atom. The molecule has 0 aliphatic heterocycles. The van der Waals surface area contributed by atoms with E-state index in [1.54, 1.807) is 4.72 Å². The van der Waals surface area contributed by atoms with Gasteiger partial charge in [0.15, 0.2) is 11.4 Å². The molecular weight excluding hydrogens is 212 g/mol. The first-order valence-corrected chi connectivity index (χ1v) is 5.16. The molecule has 0 saturated heterocycles. The van der Waals surface area contributed by atoms with Crippen molar-refractivity contribution in [1.82, 2.24) is 4.72 Å². The Labute approximate surface area is 81.0 Å². The summed E-state index contributed by atoms with van der Waals surface area (Å²) in [6, 6.07) is 1.39. The van der Waals surface area contributed by atoms with Crippen LogP contribution >= 0.6 is 0 Å². The van der Waals surface area contributed by atoms with Crippen molar-refractivity contribution in [3.63, 3.8) is 0 Å². The Kier molecular flexibility index (Phi) is 4.00. The summed E-state index contributed by atoms with van der Waals surface area (Å²) in [5, 5.41) is 25.6. The van der Waals surface area contributed by atoms with Gasteiger partial charge in [0, 0.05) is 6.54 Å². The van der Waals surface area contributed by atoms with Gasteiger partial charge in [0.1, 0.15) is 0 Å². The minimum atomic E-state index is -3.83. The van der Waals surface area contributed by atoms with Crippen LogP contribution in [0.1, 0.15) is 6.92 Å². The predicted molar refractivity (Wildman–Crippen MR) is 45.7 cm³/mol. The molecule has 0 aromatic heterocycles. The van der Waals surface area contributed by atoms with Crippen LogP contribution in [0.15, 0.2) is 0 Å².